The first-order valence-corrected chi connectivity index (χ1v) is 8.09. The van der Waals surface area contributed by atoms with Crippen molar-refractivity contribution in [2.75, 3.05) is 11.9 Å². The van der Waals surface area contributed by atoms with E-state index in [1.165, 1.54) is 12.1 Å². The summed E-state index contributed by atoms with van der Waals surface area (Å²) in [5.41, 5.74) is -2.90. The molecule has 1 aromatic heterocycles. The summed E-state index contributed by atoms with van der Waals surface area (Å²) in [7, 11) is 0. The van der Waals surface area contributed by atoms with Crippen LogP contribution < -0.4 is 15.6 Å². The lowest BCUT2D eigenvalue weighted by Gasteiger charge is -2.12. The number of carbonyl (C=O) groups is 1. The zero-order chi connectivity index (χ0) is 21.1. The van der Waals surface area contributed by atoms with Crippen LogP contribution in [0.1, 0.15) is 12.5 Å². The summed E-state index contributed by atoms with van der Waals surface area (Å²) in [4.78, 5) is 34.4. The molecule has 2 rings (SSSR count). The first-order valence-electron chi connectivity index (χ1n) is 7.71. The lowest BCUT2D eigenvalue weighted by molar-refractivity contribution is -0.384. The summed E-state index contributed by atoms with van der Waals surface area (Å²) in [5, 5.41) is 12.7. The number of halogens is 4. The molecule has 0 unspecified atom stereocenters. The fourth-order valence-electron chi connectivity index (χ4n) is 2.24. The van der Waals surface area contributed by atoms with Crippen LogP contribution in [0.5, 0.6) is 5.75 Å². The third kappa shape index (κ3) is 5.00. The van der Waals surface area contributed by atoms with Gasteiger partial charge in [-0.2, -0.15) is 13.2 Å². The van der Waals surface area contributed by atoms with Gasteiger partial charge in [-0.3, -0.25) is 19.7 Å². The average Bonchev–Trinajstić information content (AvgIpc) is 2.59. The van der Waals surface area contributed by atoms with E-state index in [4.69, 9.17) is 16.3 Å². The number of aromatic nitrogens is 1. The molecule has 0 aliphatic heterocycles. The van der Waals surface area contributed by atoms with E-state index in [1.54, 1.807) is 6.92 Å². The number of anilines is 1. The van der Waals surface area contributed by atoms with Gasteiger partial charge in [-0.25, -0.2) is 0 Å². The van der Waals surface area contributed by atoms with Gasteiger partial charge in [0.1, 0.15) is 23.0 Å². The largest absolute Gasteiger partial charge is 0.494 e. The van der Waals surface area contributed by atoms with Crippen LogP contribution >= 0.6 is 11.6 Å². The number of alkyl halides is 3. The number of ether oxygens (including phenoxy) is 1. The molecule has 0 saturated heterocycles. The number of nitrogens with one attached hydrogen (secondary N) is 1. The van der Waals surface area contributed by atoms with Gasteiger partial charge in [0.15, 0.2) is 0 Å². The van der Waals surface area contributed by atoms with Crippen molar-refractivity contribution in [3.63, 3.8) is 0 Å². The molecule has 0 aliphatic rings. The van der Waals surface area contributed by atoms with Gasteiger partial charge in [0.05, 0.1) is 23.2 Å². The minimum atomic E-state index is -4.77. The number of benzene rings is 1. The Labute approximate surface area is 160 Å². The van der Waals surface area contributed by atoms with Gasteiger partial charge in [-0.15, -0.1) is 0 Å². The van der Waals surface area contributed by atoms with Gasteiger partial charge in [-0.05, 0) is 25.1 Å². The number of hydrogen-bond acceptors (Lipinski definition) is 5. The monoisotopic (exact) mass is 419 g/mol. The first-order chi connectivity index (χ1) is 13.0. The maximum absolute atomic E-state index is 12.8. The Hall–Kier alpha value is -3.08. The van der Waals surface area contributed by atoms with Gasteiger partial charge >= 0.3 is 6.18 Å². The summed E-state index contributed by atoms with van der Waals surface area (Å²) >= 11 is 5.51. The van der Waals surface area contributed by atoms with Gasteiger partial charge < -0.3 is 14.6 Å². The maximum Gasteiger partial charge on any atom is 0.417 e. The van der Waals surface area contributed by atoms with Crippen LogP contribution in [0.3, 0.4) is 0 Å². The SMILES string of the molecule is CCOc1ccc(NC(=O)Cn2cc(C(F)(F)F)cc(Cl)c2=O)c([N+](=O)[O-])c1. The molecule has 1 amide bonds. The number of nitrogens with zero attached hydrogens (tertiary/aromatic N) is 2. The fraction of sp³-hybridized carbons (Fsp3) is 0.250. The van der Waals surface area contributed by atoms with E-state index in [-0.39, 0.29) is 18.0 Å². The van der Waals surface area contributed by atoms with Crippen LogP contribution in [0.4, 0.5) is 24.5 Å². The third-order valence-corrected chi connectivity index (χ3v) is 3.71. The summed E-state index contributed by atoms with van der Waals surface area (Å²) in [6.45, 7) is 1.12. The molecule has 0 spiro atoms. The van der Waals surface area contributed by atoms with Crippen LogP contribution in [0, 0.1) is 10.1 Å². The molecule has 0 radical (unpaired) electrons. The lowest BCUT2D eigenvalue weighted by Crippen LogP contribution is -2.29. The van der Waals surface area contributed by atoms with Crippen LogP contribution in [0.15, 0.2) is 35.3 Å². The highest BCUT2D eigenvalue weighted by atomic mass is 35.5. The highest BCUT2D eigenvalue weighted by Crippen LogP contribution is 2.30. The number of pyridine rings is 1. The smallest absolute Gasteiger partial charge is 0.417 e. The van der Waals surface area contributed by atoms with Crippen molar-refractivity contribution in [3.8, 4) is 5.75 Å². The van der Waals surface area contributed by atoms with Crippen molar-refractivity contribution in [1.29, 1.82) is 0 Å². The van der Waals surface area contributed by atoms with E-state index < -0.39 is 45.4 Å². The molecule has 0 fully saturated rings. The van der Waals surface area contributed by atoms with Crippen LogP contribution in [0.25, 0.3) is 0 Å². The number of nitro benzene ring substituents is 1. The number of carbonyl (C=O) groups excluding carboxylic acids is 1. The van der Waals surface area contributed by atoms with Crippen molar-refractivity contribution in [2.45, 2.75) is 19.6 Å². The van der Waals surface area contributed by atoms with Gasteiger partial charge in [-0.1, -0.05) is 11.6 Å². The molecule has 0 aliphatic carbocycles. The molecule has 8 nitrogen and oxygen atoms in total. The van der Waals surface area contributed by atoms with Crippen molar-refractivity contribution in [1.82, 2.24) is 4.57 Å². The topological polar surface area (TPSA) is 103 Å². The minimum Gasteiger partial charge on any atom is -0.494 e. The maximum atomic E-state index is 12.8. The highest BCUT2D eigenvalue weighted by molar-refractivity contribution is 6.30. The number of rotatable bonds is 6. The van der Waals surface area contributed by atoms with E-state index in [1.807, 2.05) is 0 Å². The van der Waals surface area contributed by atoms with E-state index >= 15 is 0 Å². The Morgan fingerprint density at radius 1 is 1.36 bits per heavy atom. The molecule has 28 heavy (non-hydrogen) atoms. The van der Waals surface area contributed by atoms with Crippen LogP contribution in [-0.2, 0) is 17.5 Å². The van der Waals surface area contributed by atoms with Gasteiger partial charge in [0.2, 0.25) is 5.91 Å². The second-order valence-corrected chi connectivity index (χ2v) is 5.83. The van der Waals surface area contributed by atoms with E-state index in [2.05, 4.69) is 5.32 Å². The molecule has 1 N–H and O–H groups in total. The molecule has 2 aromatic rings. The van der Waals surface area contributed by atoms with Gasteiger partial charge in [0, 0.05) is 6.20 Å². The quantitative estimate of drug-likeness (QED) is 0.570. The van der Waals surface area contributed by atoms with Crippen molar-refractivity contribution >= 4 is 28.9 Å². The number of amides is 1. The summed E-state index contributed by atoms with van der Waals surface area (Å²) in [6, 6.07) is 4.13. The Balaban J connectivity index is 2.29. The lowest BCUT2D eigenvalue weighted by atomic mass is 10.2. The molecular formula is C16H13ClF3N3O5. The third-order valence-electron chi connectivity index (χ3n) is 3.43. The second kappa shape index (κ2) is 8.30. The normalized spacial score (nSPS) is 11.2. The highest BCUT2D eigenvalue weighted by Gasteiger charge is 2.32. The number of nitro groups is 1. The first kappa shape index (κ1) is 21.2. The van der Waals surface area contributed by atoms with Crippen LogP contribution in [-0.4, -0.2) is 22.0 Å². The fourth-order valence-corrected chi connectivity index (χ4v) is 2.47. The predicted octanol–water partition coefficient (Wildman–Crippen LogP) is 3.47. The van der Waals surface area contributed by atoms with E-state index in [9.17, 15) is 32.9 Å². The summed E-state index contributed by atoms with van der Waals surface area (Å²) in [5.74, 6) is -0.752. The van der Waals surface area contributed by atoms with Crippen molar-refractivity contribution in [3.05, 3.63) is 61.5 Å². The zero-order valence-electron chi connectivity index (χ0n) is 14.2. The molecule has 0 atom stereocenters. The van der Waals surface area contributed by atoms with E-state index in [0.29, 0.717) is 16.8 Å². The molecule has 0 saturated carbocycles. The van der Waals surface area contributed by atoms with E-state index in [0.717, 1.165) is 6.07 Å². The van der Waals surface area contributed by atoms with Crippen molar-refractivity contribution in [2.24, 2.45) is 0 Å². The van der Waals surface area contributed by atoms with Crippen molar-refractivity contribution < 1.29 is 27.6 Å². The molecule has 1 aromatic carbocycles. The summed E-state index contributed by atoms with van der Waals surface area (Å²) in [6.07, 6.45) is -4.33. The zero-order valence-corrected chi connectivity index (χ0v) is 15.0. The van der Waals surface area contributed by atoms with Crippen LogP contribution in [0.2, 0.25) is 5.02 Å². The summed E-state index contributed by atoms with van der Waals surface area (Å²) < 4.78 is 44.2. The molecular weight excluding hydrogens is 407 g/mol. The standard InChI is InChI=1S/C16H13ClF3N3O5/c1-2-28-10-3-4-12(13(6-10)23(26)27)21-14(24)8-22-7-9(16(18,19)20)5-11(17)15(22)25/h3-7H,2,8H2,1H3,(H,21,24). The Kier molecular flexibility index (Phi) is 6.29. The molecule has 1 heterocycles. The Bertz CT molecular complexity index is 975. The number of hydrogen-bond donors (Lipinski definition) is 1. The molecule has 150 valence electrons. The molecule has 0 bridgehead atoms. The minimum absolute atomic E-state index is 0.202. The Morgan fingerprint density at radius 3 is 2.61 bits per heavy atom. The predicted molar refractivity (Wildman–Crippen MR) is 93.6 cm³/mol. The second-order valence-electron chi connectivity index (χ2n) is 5.42. The van der Waals surface area contributed by atoms with Gasteiger partial charge in [0.25, 0.3) is 11.2 Å². The molecule has 12 heteroatoms. The average molecular weight is 420 g/mol. The Morgan fingerprint density at radius 2 is 2.04 bits per heavy atom.